The van der Waals surface area contributed by atoms with E-state index in [1.54, 1.807) is 18.3 Å². The standard InChI is InChI=1S/C14H17N3O3S/c1-9(16-14(19)20-2)13(18)15-8-7-12-17-10-5-3-4-6-11(10)21-12/h3-6,9H,7-8H2,1-2H3,(H,15,18)(H,16,19)/t9-/m0/s1. The number of benzene rings is 1. The molecule has 0 saturated carbocycles. The lowest BCUT2D eigenvalue weighted by Crippen LogP contribution is -2.45. The number of ether oxygens (including phenoxy) is 1. The van der Waals surface area contributed by atoms with Crippen LogP contribution in [-0.4, -0.2) is 36.7 Å². The molecule has 0 radical (unpaired) electrons. The number of aromatic nitrogens is 1. The van der Waals surface area contributed by atoms with Crippen LogP contribution in [0.4, 0.5) is 4.79 Å². The maximum Gasteiger partial charge on any atom is 0.407 e. The molecule has 2 N–H and O–H groups in total. The lowest BCUT2D eigenvalue weighted by molar-refractivity contribution is -0.122. The molecule has 1 aromatic carbocycles. The number of hydrogen-bond acceptors (Lipinski definition) is 5. The minimum atomic E-state index is -0.632. The number of para-hydroxylation sites is 1. The Hall–Kier alpha value is -2.15. The topological polar surface area (TPSA) is 80.3 Å². The van der Waals surface area contributed by atoms with Gasteiger partial charge in [-0.2, -0.15) is 0 Å². The first-order chi connectivity index (χ1) is 10.1. The van der Waals surface area contributed by atoms with Gasteiger partial charge in [0.05, 0.1) is 22.3 Å². The summed E-state index contributed by atoms with van der Waals surface area (Å²) in [6.07, 6.45) is 0.0413. The molecule has 0 fully saturated rings. The highest BCUT2D eigenvalue weighted by Crippen LogP contribution is 2.21. The third kappa shape index (κ3) is 4.16. The zero-order chi connectivity index (χ0) is 15.2. The third-order valence-corrected chi connectivity index (χ3v) is 3.99. The van der Waals surface area contributed by atoms with E-state index in [1.807, 2.05) is 24.3 Å². The van der Waals surface area contributed by atoms with Crippen LogP contribution in [0.5, 0.6) is 0 Å². The highest BCUT2D eigenvalue weighted by atomic mass is 32.1. The van der Waals surface area contributed by atoms with E-state index >= 15 is 0 Å². The quantitative estimate of drug-likeness (QED) is 0.881. The first kappa shape index (κ1) is 15.2. The average Bonchev–Trinajstić information content (AvgIpc) is 2.89. The van der Waals surface area contributed by atoms with Crippen molar-refractivity contribution in [2.45, 2.75) is 19.4 Å². The van der Waals surface area contributed by atoms with Gasteiger partial charge in [-0.25, -0.2) is 9.78 Å². The SMILES string of the molecule is COC(=O)N[C@@H](C)C(=O)NCCc1nc2ccccc2s1. The third-order valence-electron chi connectivity index (χ3n) is 2.89. The molecule has 0 unspecified atom stereocenters. The number of fused-ring (bicyclic) bond motifs is 1. The van der Waals surface area contributed by atoms with E-state index in [0.717, 1.165) is 15.2 Å². The molecular weight excluding hydrogens is 290 g/mol. The molecule has 0 saturated heterocycles. The molecule has 6 nitrogen and oxygen atoms in total. The first-order valence-corrected chi connectivity index (χ1v) is 7.38. The number of nitrogens with one attached hydrogen (secondary N) is 2. The minimum Gasteiger partial charge on any atom is -0.453 e. The van der Waals surface area contributed by atoms with E-state index in [1.165, 1.54) is 7.11 Å². The molecule has 0 aliphatic rings. The van der Waals surface area contributed by atoms with Crippen molar-refractivity contribution in [2.75, 3.05) is 13.7 Å². The number of nitrogens with zero attached hydrogens (tertiary/aromatic N) is 1. The van der Waals surface area contributed by atoms with E-state index in [-0.39, 0.29) is 5.91 Å². The van der Waals surface area contributed by atoms with Crippen LogP contribution in [0.2, 0.25) is 0 Å². The maximum atomic E-state index is 11.8. The summed E-state index contributed by atoms with van der Waals surface area (Å²) in [6, 6.07) is 7.29. The number of thiazole rings is 1. The predicted octanol–water partition coefficient (Wildman–Crippen LogP) is 1.70. The summed E-state index contributed by atoms with van der Waals surface area (Å²) in [6.45, 7) is 2.08. The van der Waals surface area contributed by atoms with Crippen LogP contribution in [0.15, 0.2) is 24.3 Å². The summed E-state index contributed by atoms with van der Waals surface area (Å²) in [5.74, 6) is -0.249. The lowest BCUT2D eigenvalue weighted by atomic mass is 10.3. The molecule has 1 heterocycles. The van der Waals surface area contributed by atoms with Crippen molar-refractivity contribution in [3.63, 3.8) is 0 Å². The van der Waals surface area contributed by atoms with E-state index in [0.29, 0.717) is 13.0 Å². The summed E-state index contributed by atoms with van der Waals surface area (Å²) in [4.78, 5) is 27.3. The van der Waals surface area contributed by atoms with Crippen molar-refractivity contribution >= 4 is 33.6 Å². The Morgan fingerprint density at radius 1 is 1.38 bits per heavy atom. The van der Waals surface area contributed by atoms with Crippen LogP contribution in [0.25, 0.3) is 10.2 Å². The number of methoxy groups -OCH3 is 1. The maximum absolute atomic E-state index is 11.8. The number of alkyl carbamates (subject to hydrolysis) is 1. The van der Waals surface area contributed by atoms with Gasteiger partial charge in [0.25, 0.3) is 0 Å². The lowest BCUT2D eigenvalue weighted by Gasteiger charge is -2.12. The van der Waals surface area contributed by atoms with Crippen molar-refractivity contribution < 1.29 is 14.3 Å². The van der Waals surface area contributed by atoms with Crippen molar-refractivity contribution in [3.05, 3.63) is 29.3 Å². The van der Waals surface area contributed by atoms with Gasteiger partial charge in [0.2, 0.25) is 5.91 Å². The number of amides is 2. The Morgan fingerprint density at radius 2 is 2.14 bits per heavy atom. The Bertz CT molecular complexity index is 608. The van der Waals surface area contributed by atoms with Crippen LogP contribution in [0.3, 0.4) is 0 Å². The molecule has 112 valence electrons. The molecular formula is C14H17N3O3S. The Morgan fingerprint density at radius 3 is 2.86 bits per heavy atom. The van der Waals surface area contributed by atoms with Gasteiger partial charge < -0.3 is 15.4 Å². The predicted molar refractivity (Wildman–Crippen MR) is 81.3 cm³/mol. The summed E-state index contributed by atoms with van der Waals surface area (Å²) in [5, 5.41) is 6.15. The Balaban J connectivity index is 1.80. The molecule has 0 aliphatic heterocycles. The zero-order valence-corrected chi connectivity index (χ0v) is 12.7. The van der Waals surface area contributed by atoms with Gasteiger partial charge in [0, 0.05) is 13.0 Å². The minimum absolute atomic E-state index is 0.249. The number of rotatable bonds is 5. The van der Waals surface area contributed by atoms with E-state index in [9.17, 15) is 9.59 Å². The van der Waals surface area contributed by atoms with Gasteiger partial charge in [-0.05, 0) is 19.1 Å². The summed E-state index contributed by atoms with van der Waals surface area (Å²) in [7, 11) is 1.26. The second-order valence-electron chi connectivity index (χ2n) is 4.47. The molecule has 7 heteroatoms. The van der Waals surface area contributed by atoms with Crippen molar-refractivity contribution in [1.29, 1.82) is 0 Å². The van der Waals surface area contributed by atoms with Gasteiger partial charge in [-0.3, -0.25) is 4.79 Å². The highest BCUT2D eigenvalue weighted by Gasteiger charge is 2.15. The molecule has 21 heavy (non-hydrogen) atoms. The van der Waals surface area contributed by atoms with Crippen LogP contribution in [0, 0.1) is 0 Å². The molecule has 2 amide bonds. The fourth-order valence-electron chi connectivity index (χ4n) is 1.77. The van der Waals surface area contributed by atoms with Gasteiger partial charge in [0.15, 0.2) is 0 Å². The first-order valence-electron chi connectivity index (χ1n) is 6.57. The number of hydrogen-bond donors (Lipinski definition) is 2. The average molecular weight is 307 g/mol. The van der Waals surface area contributed by atoms with Gasteiger partial charge >= 0.3 is 6.09 Å². The number of carbonyl (C=O) groups excluding carboxylic acids is 2. The van der Waals surface area contributed by atoms with Crippen molar-refractivity contribution in [3.8, 4) is 0 Å². The molecule has 2 rings (SSSR count). The van der Waals surface area contributed by atoms with Gasteiger partial charge in [-0.1, -0.05) is 12.1 Å². The van der Waals surface area contributed by atoms with Gasteiger partial charge in [-0.15, -0.1) is 11.3 Å². The number of carbonyl (C=O) groups is 2. The largest absolute Gasteiger partial charge is 0.453 e. The van der Waals surface area contributed by atoms with Crippen LogP contribution < -0.4 is 10.6 Å². The van der Waals surface area contributed by atoms with E-state index in [4.69, 9.17) is 0 Å². The fraction of sp³-hybridized carbons (Fsp3) is 0.357. The summed E-state index contributed by atoms with van der Waals surface area (Å²) in [5.41, 5.74) is 0.976. The summed E-state index contributed by atoms with van der Waals surface area (Å²) < 4.78 is 5.58. The highest BCUT2D eigenvalue weighted by molar-refractivity contribution is 7.18. The summed E-state index contributed by atoms with van der Waals surface area (Å²) >= 11 is 1.62. The Labute approximate surface area is 126 Å². The smallest absolute Gasteiger partial charge is 0.407 e. The monoisotopic (exact) mass is 307 g/mol. The van der Waals surface area contributed by atoms with E-state index in [2.05, 4.69) is 20.4 Å². The fourth-order valence-corrected chi connectivity index (χ4v) is 2.74. The van der Waals surface area contributed by atoms with Crippen LogP contribution in [-0.2, 0) is 16.0 Å². The van der Waals surface area contributed by atoms with Crippen LogP contribution >= 0.6 is 11.3 Å². The normalized spacial score (nSPS) is 11.9. The Kier molecular flexibility index (Phi) is 5.10. The zero-order valence-electron chi connectivity index (χ0n) is 11.9. The molecule has 1 atom stereocenters. The van der Waals surface area contributed by atoms with Crippen molar-refractivity contribution in [1.82, 2.24) is 15.6 Å². The molecule has 0 spiro atoms. The van der Waals surface area contributed by atoms with Gasteiger partial charge in [0.1, 0.15) is 6.04 Å². The second-order valence-corrected chi connectivity index (χ2v) is 5.59. The molecule has 0 aliphatic carbocycles. The molecule has 0 bridgehead atoms. The molecule has 2 aromatic rings. The second kappa shape index (κ2) is 7.03. The van der Waals surface area contributed by atoms with Crippen LogP contribution in [0.1, 0.15) is 11.9 Å². The van der Waals surface area contributed by atoms with Crippen molar-refractivity contribution in [2.24, 2.45) is 0 Å². The molecule has 1 aromatic heterocycles. The van der Waals surface area contributed by atoms with E-state index < -0.39 is 12.1 Å².